The number of hydrogen-bond acceptors (Lipinski definition) is 5. The Morgan fingerprint density at radius 3 is 2.62 bits per heavy atom. The van der Waals surface area contributed by atoms with Crippen molar-refractivity contribution in [2.24, 2.45) is 13.0 Å². The number of nitrogens with zero attached hydrogens (tertiary/aromatic N) is 3. The Bertz CT molecular complexity index is 849. The summed E-state index contributed by atoms with van der Waals surface area (Å²) in [6, 6.07) is 0. The number of carbonyl (C=O) groups is 1. The Balaban J connectivity index is 1.91. The third kappa shape index (κ3) is 3.00. The van der Waals surface area contributed by atoms with Crippen molar-refractivity contribution >= 4 is 17.2 Å². The van der Waals surface area contributed by atoms with E-state index in [1.165, 1.54) is 35.3 Å². The largest absolute Gasteiger partial charge is 0.351 e. The van der Waals surface area contributed by atoms with Gasteiger partial charge in [0.25, 0.3) is 11.5 Å². The Kier molecular flexibility index (Phi) is 4.54. The molecule has 1 aliphatic carbocycles. The first-order chi connectivity index (χ1) is 11.4. The number of carbonyl (C=O) groups excluding carboxylic acids is 1. The molecule has 2 aromatic heterocycles. The van der Waals surface area contributed by atoms with E-state index in [4.69, 9.17) is 0 Å². The number of hydrogen-bond donors (Lipinski definition) is 1. The van der Waals surface area contributed by atoms with Gasteiger partial charge in [-0.15, -0.1) is 11.3 Å². The lowest BCUT2D eigenvalue weighted by Crippen LogP contribution is -2.32. The zero-order valence-electron chi connectivity index (χ0n) is 14.5. The predicted molar refractivity (Wildman–Crippen MR) is 94.5 cm³/mol. The van der Waals surface area contributed by atoms with Crippen molar-refractivity contribution in [3.05, 3.63) is 32.2 Å². The van der Waals surface area contributed by atoms with Gasteiger partial charge in [0.1, 0.15) is 9.88 Å². The van der Waals surface area contributed by atoms with E-state index in [2.05, 4.69) is 15.4 Å². The molecule has 1 aliphatic rings. The second kappa shape index (κ2) is 6.47. The zero-order chi connectivity index (χ0) is 17.4. The van der Waals surface area contributed by atoms with Crippen LogP contribution in [0.3, 0.4) is 0 Å². The molecular weight excluding hydrogens is 324 g/mol. The lowest BCUT2D eigenvalue weighted by molar-refractivity contribution is 0.0942. The maximum absolute atomic E-state index is 12.5. The fourth-order valence-corrected chi connectivity index (χ4v) is 3.91. The average Bonchev–Trinajstić information content (AvgIpc) is 2.85. The first-order valence-electron chi connectivity index (χ1n) is 8.19. The van der Waals surface area contributed by atoms with Crippen LogP contribution in [0.5, 0.6) is 0 Å². The van der Waals surface area contributed by atoms with E-state index < -0.39 is 0 Å². The van der Waals surface area contributed by atoms with Gasteiger partial charge in [0.2, 0.25) is 0 Å². The Labute approximate surface area is 144 Å². The minimum absolute atomic E-state index is 0.0941. The van der Waals surface area contributed by atoms with Crippen LogP contribution in [0.25, 0.3) is 10.6 Å². The lowest BCUT2D eigenvalue weighted by Gasteiger charge is -2.25. The highest BCUT2D eigenvalue weighted by Crippen LogP contribution is 2.29. The third-order valence-corrected chi connectivity index (χ3v) is 5.89. The molecule has 1 amide bonds. The van der Waals surface area contributed by atoms with Gasteiger partial charge in [0, 0.05) is 13.6 Å². The number of aryl methyl sites for hydroxylation is 3. The second-order valence-electron chi connectivity index (χ2n) is 6.45. The molecular formula is C17H22N4O2S. The molecule has 0 radical (unpaired) electrons. The van der Waals surface area contributed by atoms with Gasteiger partial charge in [-0.05, 0) is 45.1 Å². The smallest absolute Gasteiger partial charge is 0.277 e. The Morgan fingerprint density at radius 2 is 2.00 bits per heavy atom. The summed E-state index contributed by atoms with van der Waals surface area (Å²) in [4.78, 5) is 29.9. The molecule has 0 unspecified atom stereocenters. The number of nitrogens with one attached hydrogen (secondary N) is 1. The minimum atomic E-state index is -0.187. The highest BCUT2D eigenvalue weighted by molar-refractivity contribution is 7.17. The molecule has 6 nitrogen and oxygen atoms in total. The highest BCUT2D eigenvalue weighted by atomic mass is 32.1. The maximum Gasteiger partial charge on any atom is 0.277 e. The van der Waals surface area contributed by atoms with Crippen LogP contribution in [0.15, 0.2) is 4.79 Å². The van der Waals surface area contributed by atoms with Gasteiger partial charge >= 0.3 is 0 Å². The van der Waals surface area contributed by atoms with Crippen molar-refractivity contribution in [1.82, 2.24) is 20.1 Å². The van der Waals surface area contributed by atoms with Gasteiger partial charge in [-0.25, -0.2) is 9.67 Å². The Hall–Kier alpha value is -2.02. The topological polar surface area (TPSA) is 76.9 Å². The average molecular weight is 346 g/mol. The molecule has 1 fully saturated rings. The molecule has 0 aromatic carbocycles. The molecule has 2 aromatic rings. The van der Waals surface area contributed by atoms with Gasteiger partial charge in [0.05, 0.1) is 17.0 Å². The normalized spacial score (nSPS) is 14.5. The van der Waals surface area contributed by atoms with E-state index in [1.807, 2.05) is 20.8 Å². The maximum atomic E-state index is 12.5. The molecule has 1 N–H and O–H groups in total. The molecule has 7 heteroatoms. The first kappa shape index (κ1) is 16.8. The number of aromatic nitrogens is 3. The molecule has 0 bridgehead atoms. The van der Waals surface area contributed by atoms with E-state index in [9.17, 15) is 9.59 Å². The molecule has 1 saturated carbocycles. The molecule has 3 rings (SSSR count). The summed E-state index contributed by atoms with van der Waals surface area (Å²) in [7, 11) is 1.63. The first-order valence-corrected chi connectivity index (χ1v) is 9.00. The van der Waals surface area contributed by atoms with Crippen molar-refractivity contribution in [1.29, 1.82) is 0 Å². The van der Waals surface area contributed by atoms with Crippen LogP contribution in [0.1, 0.15) is 45.9 Å². The zero-order valence-corrected chi connectivity index (χ0v) is 15.3. The fraction of sp³-hybridized carbons (Fsp3) is 0.529. The summed E-state index contributed by atoms with van der Waals surface area (Å²) in [6.07, 6.45) is 3.64. The Morgan fingerprint density at radius 1 is 1.29 bits per heavy atom. The molecule has 0 atom stereocenters. The molecule has 0 aliphatic heterocycles. The van der Waals surface area contributed by atoms with Crippen LogP contribution in [0, 0.1) is 26.7 Å². The van der Waals surface area contributed by atoms with Crippen LogP contribution in [-0.4, -0.2) is 27.2 Å². The monoisotopic (exact) mass is 346 g/mol. The van der Waals surface area contributed by atoms with Crippen LogP contribution >= 0.6 is 11.3 Å². The van der Waals surface area contributed by atoms with Crippen LogP contribution in [0.2, 0.25) is 0 Å². The van der Waals surface area contributed by atoms with Gasteiger partial charge in [-0.1, -0.05) is 6.42 Å². The highest BCUT2D eigenvalue weighted by Gasteiger charge is 2.23. The lowest BCUT2D eigenvalue weighted by atomic mass is 9.85. The third-order valence-electron chi connectivity index (χ3n) is 4.72. The summed E-state index contributed by atoms with van der Waals surface area (Å²) in [6.45, 7) is 6.27. The van der Waals surface area contributed by atoms with Crippen LogP contribution in [-0.2, 0) is 7.05 Å². The fourth-order valence-electron chi connectivity index (χ4n) is 2.83. The molecule has 2 heterocycles. The van der Waals surface area contributed by atoms with Gasteiger partial charge in [-0.2, -0.15) is 5.10 Å². The summed E-state index contributed by atoms with van der Waals surface area (Å²) < 4.78 is 1.32. The SMILES string of the molecule is Cc1nc(-c2c(C)c(C)nn(C)c2=O)sc1C(=O)NCC1CCC1. The molecule has 0 saturated heterocycles. The van der Waals surface area contributed by atoms with Crippen molar-refractivity contribution in [2.45, 2.75) is 40.0 Å². The van der Waals surface area contributed by atoms with E-state index >= 15 is 0 Å². The van der Waals surface area contributed by atoms with E-state index in [1.54, 1.807) is 7.05 Å². The van der Waals surface area contributed by atoms with Crippen LogP contribution < -0.4 is 10.9 Å². The number of rotatable bonds is 4. The van der Waals surface area contributed by atoms with Crippen molar-refractivity contribution in [3.63, 3.8) is 0 Å². The summed E-state index contributed by atoms with van der Waals surface area (Å²) in [5.74, 6) is 0.516. The minimum Gasteiger partial charge on any atom is -0.351 e. The summed E-state index contributed by atoms with van der Waals surface area (Å²) in [5.41, 5.74) is 2.62. The van der Waals surface area contributed by atoms with Crippen LogP contribution in [0.4, 0.5) is 0 Å². The summed E-state index contributed by atoms with van der Waals surface area (Å²) in [5, 5.41) is 7.77. The van der Waals surface area contributed by atoms with Gasteiger partial charge in [0.15, 0.2) is 0 Å². The van der Waals surface area contributed by atoms with Crippen molar-refractivity contribution in [3.8, 4) is 10.6 Å². The molecule has 128 valence electrons. The predicted octanol–water partition coefficient (Wildman–Crippen LogP) is 2.36. The van der Waals surface area contributed by atoms with Gasteiger partial charge < -0.3 is 5.32 Å². The van der Waals surface area contributed by atoms with E-state index in [-0.39, 0.29) is 11.5 Å². The molecule has 0 spiro atoms. The van der Waals surface area contributed by atoms with E-state index in [0.717, 1.165) is 17.8 Å². The standard InChI is InChI=1S/C17H22N4O2S/c1-9-10(2)20-21(4)17(23)13(9)16-19-11(3)14(24-16)15(22)18-8-12-6-5-7-12/h12H,5-8H2,1-4H3,(H,18,22). The second-order valence-corrected chi connectivity index (χ2v) is 7.45. The number of amides is 1. The quantitative estimate of drug-likeness (QED) is 0.922. The van der Waals surface area contributed by atoms with E-state index in [0.29, 0.717) is 27.1 Å². The molecule has 24 heavy (non-hydrogen) atoms. The van der Waals surface area contributed by atoms with Gasteiger partial charge in [-0.3, -0.25) is 9.59 Å². The number of thiazole rings is 1. The van der Waals surface area contributed by atoms with Crippen molar-refractivity contribution < 1.29 is 4.79 Å². The van der Waals surface area contributed by atoms with Crippen molar-refractivity contribution in [2.75, 3.05) is 6.54 Å². The summed E-state index contributed by atoms with van der Waals surface area (Å²) >= 11 is 1.28.